The van der Waals surface area contributed by atoms with Gasteiger partial charge in [-0.2, -0.15) is 5.26 Å². The van der Waals surface area contributed by atoms with Crippen LogP contribution in [0.1, 0.15) is 47.4 Å². The topological polar surface area (TPSA) is 74.8 Å². The fraction of sp³-hybridized carbons (Fsp3) is 0.412. The van der Waals surface area contributed by atoms with Crippen LogP contribution in [0.15, 0.2) is 30.6 Å². The quantitative estimate of drug-likeness (QED) is 0.871. The van der Waals surface area contributed by atoms with Crippen LogP contribution in [-0.2, 0) is 6.54 Å². The van der Waals surface area contributed by atoms with Gasteiger partial charge >= 0.3 is 0 Å². The van der Waals surface area contributed by atoms with Crippen molar-refractivity contribution in [2.24, 2.45) is 0 Å². The molecule has 1 aromatic carbocycles. The number of aromatic nitrogens is 3. The van der Waals surface area contributed by atoms with E-state index in [0.717, 1.165) is 38.3 Å². The van der Waals surface area contributed by atoms with Crippen molar-refractivity contribution in [1.29, 1.82) is 5.26 Å². The van der Waals surface area contributed by atoms with E-state index in [1.807, 2.05) is 4.90 Å². The highest BCUT2D eigenvalue weighted by molar-refractivity contribution is 5.94. The number of likely N-dealkylation sites (tertiary alicyclic amines) is 1. The predicted molar refractivity (Wildman–Crippen MR) is 84.7 cm³/mol. The summed E-state index contributed by atoms with van der Waals surface area (Å²) in [4.78, 5) is 14.4. The van der Waals surface area contributed by atoms with Crippen molar-refractivity contribution >= 4 is 5.91 Å². The van der Waals surface area contributed by atoms with Gasteiger partial charge in [-0.05, 0) is 44.0 Å². The Hall–Kier alpha value is -2.68. The van der Waals surface area contributed by atoms with Gasteiger partial charge in [0.05, 0.1) is 11.6 Å². The Labute approximate surface area is 135 Å². The first-order valence-corrected chi connectivity index (χ1v) is 7.90. The molecule has 6 heteroatoms. The van der Waals surface area contributed by atoms with Gasteiger partial charge in [0.25, 0.3) is 5.91 Å². The minimum Gasteiger partial charge on any atom is -0.339 e. The number of piperidine rings is 1. The summed E-state index contributed by atoms with van der Waals surface area (Å²) in [7, 11) is 0. The van der Waals surface area contributed by atoms with Crippen molar-refractivity contribution in [3.05, 3.63) is 47.5 Å². The lowest BCUT2D eigenvalue weighted by atomic mass is 9.95. The molecule has 0 atom stereocenters. The summed E-state index contributed by atoms with van der Waals surface area (Å²) in [5, 5.41) is 17.0. The summed E-state index contributed by atoms with van der Waals surface area (Å²) in [5.41, 5.74) is 1.21. The molecule has 2 aromatic rings. The highest BCUT2D eigenvalue weighted by atomic mass is 16.2. The molecule has 118 valence electrons. The lowest BCUT2D eigenvalue weighted by Gasteiger charge is -2.31. The van der Waals surface area contributed by atoms with Crippen molar-refractivity contribution in [1.82, 2.24) is 19.7 Å². The molecule has 23 heavy (non-hydrogen) atoms. The van der Waals surface area contributed by atoms with E-state index in [1.54, 1.807) is 30.6 Å². The highest BCUT2D eigenvalue weighted by Gasteiger charge is 2.27. The highest BCUT2D eigenvalue weighted by Crippen LogP contribution is 2.27. The van der Waals surface area contributed by atoms with Crippen LogP contribution in [-0.4, -0.2) is 38.7 Å². The fourth-order valence-electron chi connectivity index (χ4n) is 3.03. The van der Waals surface area contributed by atoms with Crippen LogP contribution in [0.4, 0.5) is 0 Å². The molecule has 0 N–H and O–H groups in total. The first-order chi connectivity index (χ1) is 11.2. The molecule has 0 aliphatic carbocycles. The summed E-state index contributed by atoms with van der Waals surface area (Å²) < 4.78 is 2.07. The zero-order valence-electron chi connectivity index (χ0n) is 13.1. The standard InChI is InChI=1S/C17H19N5O/c1-2-21-12-19-20-16(21)14-7-9-22(10-8-14)17(23)15-5-3-13(11-18)4-6-15/h3-6,12,14H,2,7-10H2,1H3. The van der Waals surface area contributed by atoms with Gasteiger partial charge in [0.2, 0.25) is 0 Å². The zero-order chi connectivity index (χ0) is 16.2. The first kappa shape index (κ1) is 15.2. The van der Waals surface area contributed by atoms with Crippen molar-refractivity contribution < 1.29 is 4.79 Å². The third-order valence-corrected chi connectivity index (χ3v) is 4.39. The predicted octanol–water partition coefficient (Wildman–Crippen LogP) is 2.19. The summed E-state index contributed by atoms with van der Waals surface area (Å²) >= 11 is 0. The summed E-state index contributed by atoms with van der Waals surface area (Å²) in [5.74, 6) is 1.42. The van der Waals surface area contributed by atoms with Crippen LogP contribution in [0.3, 0.4) is 0 Å². The third kappa shape index (κ3) is 3.09. The van der Waals surface area contributed by atoms with E-state index in [9.17, 15) is 4.79 Å². The van der Waals surface area contributed by atoms with Gasteiger partial charge in [0.15, 0.2) is 0 Å². The molecule has 3 rings (SSSR count). The van der Waals surface area contributed by atoms with E-state index in [2.05, 4.69) is 27.8 Å². The van der Waals surface area contributed by atoms with Gasteiger partial charge in [0.1, 0.15) is 12.2 Å². The van der Waals surface area contributed by atoms with Crippen LogP contribution >= 0.6 is 0 Å². The molecule has 1 aromatic heterocycles. The zero-order valence-corrected chi connectivity index (χ0v) is 13.1. The molecule has 0 unspecified atom stereocenters. The average molecular weight is 309 g/mol. The van der Waals surface area contributed by atoms with Gasteiger partial charge in [-0.25, -0.2) is 0 Å². The van der Waals surface area contributed by atoms with E-state index in [-0.39, 0.29) is 5.91 Å². The third-order valence-electron chi connectivity index (χ3n) is 4.39. The fourth-order valence-corrected chi connectivity index (χ4v) is 3.03. The van der Waals surface area contributed by atoms with Gasteiger partial charge < -0.3 is 9.47 Å². The SMILES string of the molecule is CCn1cnnc1C1CCN(C(=O)c2ccc(C#N)cc2)CC1. The molecule has 1 fully saturated rings. The Morgan fingerprint density at radius 2 is 2.00 bits per heavy atom. The number of hydrogen-bond acceptors (Lipinski definition) is 4. The van der Waals surface area contributed by atoms with Gasteiger partial charge in [-0.1, -0.05) is 0 Å². The smallest absolute Gasteiger partial charge is 0.253 e. The lowest BCUT2D eigenvalue weighted by molar-refractivity contribution is 0.0710. The van der Waals surface area contributed by atoms with Crippen molar-refractivity contribution in [3.8, 4) is 6.07 Å². The summed E-state index contributed by atoms with van der Waals surface area (Å²) in [6.45, 7) is 4.39. The Balaban J connectivity index is 1.64. The number of nitriles is 1. The van der Waals surface area contributed by atoms with E-state index in [4.69, 9.17) is 5.26 Å². The van der Waals surface area contributed by atoms with Crippen LogP contribution < -0.4 is 0 Å². The average Bonchev–Trinajstić information content (AvgIpc) is 3.10. The maximum absolute atomic E-state index is 12.5. The van der Waals surface area contributed by atoms with Gasteiger partial charge in [-0.15, -0.1) is 10.2 Å². The Bertz CT molecular complexity index is 720. The van der Waals surface area contributed by atoms with Crippen LogP contribution in [0, 0.1) is 11.3 Å². The number of amides is 1. The van der Waals surface area contributed by atoms with E-state index >= 15 is 0 Å². The minimum absolute atomic E-state index is 0.0323. The van der Waals surface area contributed by atoms with Crippen molar-refractivity contribution in [2.75, 3.05) is 13.1 Å². The first-order valence-electron chi connectivity index (χ1n) is 7.90. The van der Waals surface area contributed by atoms with E-state index in [0.29, 0.717) is 17.0 Å². The number of benzene rings is 1. The molecule has 1 saturated heterocycles. The number of hydrogen-bond donors (Lipinski definition) is 0. The van der Waals surface area contributed by atoms with Crippen LogP contribution in [0.2, 0.25) is 0 Å². The van der Waals surface area contributed by atoms with Crippen molar-refractivity contribution in [3.63, 3.8) is 0 Å². The summed E-state index contributed by atoms with van der Waals surface area (Å²) in [6.07, 6.45) is 3.57. The van der Waals surface area contributed by atoms with E-state index in [1.165, 1.54) is 0 Å². The number of nitrogens with zero attached hydrogens (tertiary/aromatic N) is 5. The monoisotopic (exact) mass is 309 g/mol. The largest absolute Gasteiger partial charge is 0.339 e. The molecule has 2 heterocycles. The number of rotatable bonds is 3. The molecular formula is C17H19N5O. The Kier molecular flexibility index (Phi) is 4.38. The maximum atomic E-state index is 12.5. The Morgan fingerprint density at radius 1 is 1.30 bits per heavy atom. The number of carbonyl (C=O) groups excluding carboxylic acids is 1. The van der Waals surface area contributed by atoms with Crippen molar-refractivity contribution in [2.45, 2.75) is 32.2 Å². The molecule has 0 spiro atoms. The second-order valence-corrected chi connectivity index (χ2v) is 5.73. The number of carbonyl (C=O) groups is 1. The molecule has 1 amide bonds. The second-order valence-electron chi connectivity index (χ2n) is 5.73. The van der Waals surface area contributed by atoms with Crippen LogP contribution in [0.5, 0.6) is 0 Å². The molecule has 0 bridgehead atoms. The normalized spacial score (nSPS) is 15.4. The van der Waals surface area contributed by atoms with E-state index < -0.39 is 0 Å². The molecule has 0 saturated carbocycles. The van der Waals surface area contributed by atoms with Gasteiger partial charge in [-0.3, -0.25) is 4.79 Å². The number of aryl methyl sites for hydroxylation is 1. The molecular weight excluding hydrogens is 290 g/mol. The lowest BCUT2D eigenvalue weighted by Crippen LogP contribution is -2.38. The molecule has 1 aliphatic rings. The molecule has 6 nitrogen and oxygen atoms in total. The maximum Gasteiger partial charge on any atom is 0.253 e. The molecule has 1 aliphatic heterocycles. The molecule has 0 radical (unpaired) electrons. The van der Waals surface area contributed by atoms with Crippen LogP contribution in [0.25, 0.3) is 0 Å². The van der Waals surface area contributed by atoms with Gasteiger partial charge in [0, 0.05) is 31.1 Å². The second kappa shape index (κ2) is 6.61. The Morgan fingerprint density at radius 3 is 2.61 bits per heavy atom. The minimum atomic E-state index is 0.0323. The summed E-state index contributed by atoms with van der Waals surface area (Å²) in [6, 6.07) is 8.88.